The summed E-state index contributed by atoms with van der Waals surface area (Å²) in [5.74, 6) is 0.0351. The molecule has 0 aliphatic carbocycles. The van der Waals surface area contributed by atoms with E-state index in [9.17, 15) is 18.0 Å². The van der Waals surface area contributed by atoms with E-state index < -0.39 is 32.8 Å². The number of carbonyl (C=O) groups is 2. The fourth-order valence-corrected chi connectivity index (χ4v) is 4.60. The Morgan fingerprint density at radius 2 is 1.82 bits per heavy atom. The number of nitrogens with one attached hydrogen (secondary N) is 1. The topological polar surface area (TPSA) is 115 Å². The molecular formula is C23H29N3O6S. The largest absolute Gasteiger partial charge is 0.497 e. The highest BCUT2D eigenvalue weighted by Gasteiger charge is 2.45. The van der Waals surface area contributed by atoms with Crippen LogP contribution in [0.4, 0.5) is 10.6 Å². The summed E-state index contributed by atoms with van der Waals surface area (Å²) in [6, 6.07) is 10.7. The lowest BCUT2D eigenvalue weighted by Crippen LogP contribution is -2.62. The van der Waals surface area contributed by atoms with Gasteiger partial charge in [0.1, 0.15) is 22.5 Å². The predicted octanol–water partition coefficient (Wildman–Crippen LogP) is 2.69. The number of rotatable bonds is 7. The molecule has 2 amide bonds. The molecule has 0 spiro atoms. The highest BCUT2D eigenvalue weighted by atomic mass is 32.2. The van der Waals surface area contributed by atoms with Gasteiger partial charge in [-0.1, -0.05) is 12.1 Å². The number of hydrogen-bond donors (Lipinski definition) is 1. The van der Waals surface area contributed by atoms with Gasteiger partial charge in [0, 0.05) is 12.5 Å². The van der Waals surface area contributed by atoms with Crippen LogP contribution < -0.4 is 15.0 Å². The van der Waals surface area contributed by atoms with Gasteiger partial charge in [0.05, 0.1) is 19.6 Å². The van der Waals surface area contributed by atoms with E-state index in [1.54, 1.807) is 52.1 Å². The number of hydrogen-bond acceptors (Lipinski definition) is 7. The Balaban J connectivity index is 1.88. The summed E-state index contributed by atoms with van der Waals surface area (Å²) in [5, 5.41) is 1.53. The summed E-state index contributed by atoms with van der Waals surface area (Å²) in [6.45, 7) is 5.54. The fraction of sp³-hybridized carbons (Fsp3) is 0.435. The molecule has 1 N–H and O–H groups in total. The number of sulfone groups is 1. The van der Waals surface area contributed by atoms with E-state index in [2.05, 4.69) is 10.3 Å². The number of anilines is 1. The molecule has 9 nitrogen and oxygen atoms in total. The van der Waals surface area contributed by atoms with Crippen LogP contribution in [0.2, 0.25) is 0 Å². The van der Waals surface area contributed by atoms with Gasteiger partial charge in [0.25, 0.3) is 0 Å². The summed E-state index contributed by atoms with van der Waals surface area (Å²) in [5.41, 5.74) is 0.820. The van der Waals surface area contributed by atoms with Gasteiger partial charge in [-0.25, -0.2) is 18.2 Å². The molecule has 2 atom stereocenters. The molecule has 3 rings (SSSR count). The highest BCUT2D eigenvalue weighted by Crippen LogP contribution is 2.27. The Hall–Kier alpha value is -3.14. The molecule has 1 fully saturated rings. The molecule has 1 saturated heterocycles. The first-order valence-electron chi connectivity index (χ1n) is 10.4. The first-order valence-corrected chi connectivity index (χ1v) is 12.4. The van der Waals surface area contributed by atoms with Crippen molar-refractivity contribution >= 4 is 27.7 Å². The van der Waals surface area contributed by atoms with E-state index >= 15 is 0 Å². The van der Waals surface area contributed by atoms with Crippen molar-refractivity contribution in [1.82, 2.24) is 10.3 Å². The van der Waals surface area contributed by atoms with Crippen molar-refractivity contribution in [2.75, 3.05) is 18.3 Å². The summed E-state index contributed by atoms with van der Waals surface area (Å²) >= 11 is 0. The van der Waals surface area contributed by atoms with Crippen molar-refractivity contribution in [3.8, 4) is 5.75 Å². The highest BCUT2D eigenvalue weighted by molar-refractivity contribution is 7.91. The summed E-state index contributed by atoms with van der Waals surface area (Å²) in [4.78, 5) is 30.8. The zero-order valence-electron chi connectivity index (χ0n) is 19.4. The zero-order chi connectivity index (χ0) is 24.4. The van der Waals surface area contributed by atoms with Gasteiger partial charge in [0.15, 0.2) is 9.84 Å². The quantitative estimate of drug-likeness (QED) is 0.612. The van der Waals surface area contributed by atoms with Crippen LogP contribution in [0.1, 0.15) is 31.9 Å². The smallest absolute Gasteiger partial charge is 0.416 e. The normalized spacial score (nSPS) is 18.2. The number of benzene rings is 1. The lowest BCUT2D eigenvalue weighted by atomic mass is 9.93. The van der Waals surface area contributed by atoms with Gasteiger partial charge in [0.2, 0.25) is 5.91 Å². The average molecular weight is 476 g/mol. The first kappa shape index (κ1) is 24.5. The van der Waals surface area contributed by atoms with Gasteiger partial charge in [-0.2, -0.15) is 0 Å². The molecule has 1 aliphatic rings. The van der Waals surface area contributed by atoms with Crippen molar-refractivity contribution in [2.24, 2.45) is 5.92 Å². The Morgan fingerprint density at radius 3 is 2.36 bits per heavy atom. The minimum Gasteiger partial charge on any atom is -0.497 e. The van der Waals surface area contributed by atoms with Crippen molar-refractivity contribution in [1.29, 1.82) is 0 Å². The molecular weight excluding hydrogens is 446 g/mol. The van der Waals surface area contributed by atoms with E-state index in [0.29, 0.717) is 17.1 Å². The minimum absolute atomic E-state index is 0.200. The molecule has 0 radical (unpaired) electrons. The third-order valence-corrected chi connectivity index (χ3v) is 6.47. The molecule has 1 unspecified atom stereocenters. The molecule has 33 heavy (non-hydrogen) atoms. The molecule has 2 aromatic rings. The third kappa shape index (κ3) is 6.22. The Bertz CT molecular complexity index is 1130. The maximum atomic E-state index is 13.0. The molecule has 10 heteroatoms. The number of pyridine rings is 1. The second-order valence-electron chi connectivity index (χ2n) is 9.01. The minimum atomic E-state index is -3.42. The van der Waals surface area contributed by atoms with Crippen LogP contribution in [-0.4, -0.2) is 49.7 Å². The van der Waals surface area contributed by atoms with Crippen LogP contribution in [0, 0.1) is 5.92 Å². The van der Waals surface area contributed by atoms with E-state index in [0.717, 1.165) is 11.8 Å². The van der Waals surface area contributed by atoms with Crippen molar-refractivity contribution in [2.45, 2.75) is 44.7 Å². The molecule has 0 saturated carbocycles. The van der Waals surface area contributed by atoms with Crippen molar-refractivity contribution in [3.05, 3.63) is 53.7 Å². The fourth-order valence-electron chi connectivity index (χ4n) is 3.45. The molecule has 0 bridgehead atoms. The van der Waals surface area contributed by atoms with Crippen molar-refractivity contribution in [3.63, 3.8) is 0 Å². The van der Waals surface area contributed by atoms with Crippen LogP contribution in [0.15, 0.2) is 42.6 Å². The number of β-lactam (4-membered cyclic amide) rings is 1. The summed E-state index contributed by atoms with van der Waals surface area (Å²) in [6.07, 6.45) is 2.27. The molecule has 2 heterocycles. The molecule has 1 aromatic heterocycles. The van der Waals surface area contributed by atoms with Crippen LogP contribution in [-0.2, 0) is 32.3 Å². The third-order valence-electron chi connectivity index (χ3n) is 5.10. The maximum absolute atomic E-state index is 13.0. The number of methoxy groups -OCH3 is 1. The molecule has 178 valence electrons. The van der Waals surface area contributed by atoms with E-state index in [1.165, 1.54) is 11.1 Å². The van der Waals surface area contributed by atoms with Gasteiger partial charge in [-0.3, -0.25) is 9.69 Å². The second-order valence-corrected chi connectivity index (χ2v) is 11.2. The summed E-state index contributed by atoms with van der Waals surface area (Å²) in [7, 11) is -1.84. The maximum Gasteiger partial charge on any atom is 0.416 e. The molecule has 1 aromatic carbocycles. The van der Waals surface area contributed by atoms with Gasteiger partial charge in [-0.15, -0.1) is 0 Å². The van der Waals surface area contributed by atoms with E-state index in [4.69, 9.17) is 9.47 Å². The van der Waals surface area contributed by atoms with Crippen LogP contribution in [0.5, 0.6) is 5.75 Å². The summed E-state index contributed by atoms with van der Waals surface area (Å²) < 4.78 is 34.6. The lowest BCUT2D eigenvalue weighted by molar-refractivity contribution is -0.132. The average Bonchev–Trinajstić information content (AvgIpc) is 2.72. The van der Waals surface area contributed by atoms with Gasteiger partial charge >= 0.3 is 6.09 Å². The number of nitrogens with zero attached hydrogens (tertiary/aromatic N) is 2. The van der Waals surface area contributed by atoms with E-state index in [1.807, 2.05) is 12.1 Å². The number of amides is 2. The second kappa shape index (κ2) is 9.38. The number of aromatic nitrogens is 1. The SMILES string of the molecule is COc1ccc(CN(C(=O)OC(C)(C)C)c2cc(CC3C(=O)N[C@@H]3S(C)(=O)=O)ccn2)cc1. The monoisotopic (exact) mass is 475 g/mol. The lowest BCUT2D eigenvalue weighted by Gasteiger charge is -2.35. The van der Waals surface area contributed by atoms with Crippen LogP contribution in [0.25, 0.3) is 0 Å². The van der Waals surface area contributed by atoms with E-state index in [-0.39, 0.29) is 18.9 Å². The number of ether oxygens (including phenoxy) is 2. The molecule has 1 aliphatic heterocycles. The zero-order valence-corrected chi connectivity index (χ0v) is 20.2. The standard InChI is InChI=1S/C23H29N3O6S/c1-23(2,3)32-22(28)26(14-15-6-8-17(31-4)9-7-15)19-13-16(10-11-24-19)12-18-20(27)25-21(18)33(5,29)30/h6-11,13,18,21H,12,14H2,1-5H3,(H,25,27)/t18?,21-/m1/s1. The Kier molecular flexibility index (Phi) is 6.97. The first-order chi connectivity index (χ1) is 15.4. The van der Waals surface area contributed by atoms with Crippen LogP contribution in [0.3, 0.4) is 0 Å². The van der Waals surface area contributed by atoms with Crippen molar-refractivity contribution < 1.29 is 27.5 Å². The van der Waals surface area contributed by atoms with Crippen LogP contribution >= 0.6 is 0 Å². The van der Waals surface area contributed by atoms with Gasteiger partial charge < -0.3 is 14.8 Å². The predicted molar refractivity (Wildman–Crippen MR) is 124 cm³/mol. The van der Waals surface area contributed by atoms with Gasteiger partial charge in [-0.05, 0) is 62.6 Å². The Labute approximate surface area is 194 Å². The number of carbonyl (C=O) groups excluding carboxylic acids is 2. The Morgan fingerprint density at radius 1 is 1.15 bits per heavy atom.